The molecule has 8 atom stereocenters. The molecular weight excluding hydrogens is 578 g/mol. The normalized spacial score (nSPS) is 26.8. The summed E-state index contributed by atoms with van der Waals surface area (Å²) in [7, 11) is 0. The lowest BCUT2D eigenvalue weighted by Gasteiger charge is -2.33. The van der Waals surface area contributed by atoms with Crippen LogP contribution in [0.2, 0.25) is 0 Å². The van der Waals surface area contributed by atoms with Crippen LogP contribution in [0, 0.1) is 5.92 Å². The summed E-state index contributed by atoms with van der Waals surface area (Å²) in [5.74, 6) is -1.73. The molecule has 0 aromatic carbocycles. The number of hydrogen-bond donors (Lipinski definition) is 5. The Kier molecular flexibility index (Phi) is 16.5. The zero-order valence-electron chi connectivity index (χ0n) is 27.1. The Morgan fingerprint density at radius 3 is 2.55 bits per heavy atom. The smallest absolute Gasteiger partial charge is 0.334 e. The molecular formula is C35H53NO7S. The molecule has 0 saturated heterocycles. The van der Waals surface area contributed by atoms with Crippen molar-refractivity contribution in [3.63, 3.8) is 0 Å². The second kappa shape index (κ2) is 19.2. The van der Waals surface area contributed by atoms with Gasteiger partial charge in [0.05, 0.1) is 41.2 Å². The third-order valence-corrected chi connectivity index (χ3v) is 9.27. The van der Waals surface area contributed by atoms with Gasteiger partial charge in [-0.05, 0) is 51.7 Å². The molecule has 0 spiro atoms. The number of ether oxygens (including phenoxy) is 1. The molecule has 9 heteroatoms. The van der Waals surface area contributed by atoms with Crippen LogP contribution >= 0.6 is 11.3 Å². The Morgan fingerprint density at radius 1 is 1.14 bits per heavy atom. The third-order valence-electron chi connectivity index (χ3n) is 8.20. The molecule has 2 heterocycles. The Bertz CT molecular complexity index is 1180. The highest BCUT2D eigenvalue weighted by atomic mass is 32.1. The van der Waals surface area contributed by atoms with Gasteiger partial charge in [0, 0.05) is 29.2 Å². The molecule has 8 unspecified atom stereocenters. The monoisotopic (exact) mass is 631 g/mol. The van der Waals surface area contributed by atoms with Crippen molar-refractivity contribution in [2.45, 2.75) is 129 Å². The number of rotatable bonds is 10. The quantitative estimate of drug-likeness (QED) is 0.125. The van der Waals surface area contributed by atoms with Gasteiger partial charge in [0.25, 0.3) is 0 Å². The molecule has 8 nitrogen and oxygen atoms in total. The molecule has 1 aliphatic heterocycles. The Labute approximate surface area is 267 Å². The van der Waals surface area contributed by atoms with Gasteiger partial charge in [-0.2, -0.15) is 0 Å². The predicted octanol–water partition coefficient (Wildman–Crippen LogP) is 5.77. The van der Waals surface area contributed by atoms with Crippen LogP contribution in [-0.4, -0.2) is 73.1 Å². The van der Waals surface area contributed by atoms with Crippen LogP contribution < -0.4 is 0 Å². The molecule has 1 aromatic rings. The van der Waals surface area contributed by atoms with E-state index in [4.69, 9.17) is 4.74 Å². The molecule has 0 saturated carbocycles. The van der Waals surface area contributed by atoms with Crippen LogP contribution in [-0.2, 0) is 9.53 Å². The van der Waals surface area contributed by atoms with Crippen LogP contribution in [0.4, 0.5) is 0 Å². The molecule has 44 heavy (non-hydrogen) atoms. The first-order valence-corrected chi connectivity index (χ1v) is 16.7. The zero-order chi connectivity index (χ0) is 32.8. The third kappa shape index (κ3) is 11.8. The van der Waals surface area contributed by atoms with Crippen LogP contribution in [0.3, 0.4) is 0 Å². The summed E-state index contributed by atoms with van der Waals surface area (Å²) >= 11 is 1.37. The number of esters is 1. The minimum Gasteiger partial charge on any atom is -0.453 e. The van der Waals surface area contributed by atoms with E-state index < -0.39 is 48.5 Å². The highest BCUT2D eigenvalue weighted by molar-refractivity contribution is 7.09. The maximum absolute atomic E-state index is 13.7. The largest absolute Gasteiger partial charge is 0.453 e. The fourth-order valence-electron chi connectivity index (χ4n) is 5.05. The first-order valence-electron chi connectivity index (χ1n) is 15.8. The van der Waals surface area contributed by atoms with E-state index in [0.29, 0.717) is 28.3 Å². The second-order valence-corrected chi connectivity index (χ2v) is 12.8. The average molecular weight is 632 g/mol. The minimum absolute atomic E-state index is 0.0510. The zero-order valence-corrected chi connectivity index (χ0v) is 27.9. The van der Waals surface area contributed by atoms with E-state index in [1.807, 2.05) is 38.3 Å². The van der Waals surface area contributed by atoms with E-state index in [-0.39, 0.29) is 18.8 Å². The van der Waals surface area contributed by atoms with Gasteiger partial charge in [-0.1, -0.05) is 82.1 Å². The molecule has 1 aliphatic rings. The van der Waals surface area contributed by atoms with Gasteiger partial charge >= 0.3 is 5.97 Å². The number of unbranched alkanes of at least 4 members (excludes halogenated alkanes) is 3. The first-order chi connectivity index (χ1) is 20.9. The molecule has 2 rings (SSSR count). The SMILES string of the molecule is CC=C(C)C=C(C)C(O)C(C)C(O)C1OC(=O)C(CCCCCC)=Cc2csc(n2)C(C)C(O)CC(O)C=CC=CCC1O. The van der Waals surface area contributed by atoms with Gasteiger partial charge in [-0.3, -0.25) is 0 Å². The molecule has 246 valence electrons. The number of carbonyl (C=O) groups is 1. The molecule has 0 fully saturated rings. The van der Waals surface area contributed by atoms with Crippen molar-refractivity contribution < 1.29 is 35.1 Å². The van der Waals surface area contributed by atoms with Crippen molar-refractivity contribution in [2.75, 3.05) is 0 Å². The van der Waals surface area contributed by atoms with Crippen molar-refractivity contribution >= 4 is 23.4 Å². The predicted molar refractivity (Wildman–Crippen MR) is 177 cm³/mol. The summed E-state index contributed by atoms with van der Waals surface area (Å²) in [6.45, 7) is 11.2. The van der Waals surface area contributed by atoms with Crippen molar-refractivity contribution in [1.82, 2.24) is 4.98 Å². The van der Waals surface area contributed by atoms with Gasteiger partial charge in [0.15, 0.2) is 6.10 Å². The number of nitrogens with zero attached hydrogens (tertiary/aromatic N) is 1. The minimum atomic E-state index is -1.37. The summed E-state index contributed by atoms with van der Waals surface area (Å²) in [5, 5.41) is 57.3. The number of carbonyl (C=O) groups excluding carboxylic acids is 1. The van der Waals surface area contributed by atoms with Gasteiger partial charge in [-0.25, -0.2) is 9.78 Å². The average Bonchev–Trinajstić information content (AvgIpc) is 3.47. The summed E-state index contributed by atoms with van der Waals surface area (Å²) in [4.78, 5) is 18.3. The standard InChI is InChI=1S/C35H53NO7S/c1-7-9-10-12-15-26-19-27-21-44-34(36-27)24(5)30(39)20-28(37)16-13-11-14-17-29(38)33(43-35(26)42)32(41)25(6)31(40)23(4)18-22(3)8-2/h8,11,13-14,16,18-19,21,24-25,28-33,37-41H,7,9-10,12,15,17,20H2,1-6H3. The van der Waals surface area contributed by atoms with Crippen molar-refractivity contribution in [3.8, 4) is 0 Å². The summed E-state index contributed by atoms with van der Waals surface area (Å²) in [6.07, 6.45) is 9.58. The Morgan fingerprint density at radius 2 is 1.86 bits per heavy atom. The maximum Gasteiger partial charge on any atom is 0.334 e. The molecule has 0 radical (unpaired) electrons. The number of thiazole rings is 1. The Balaban J connectivity index is 2.50. The topological polar surface area (TPSA) is 140 Å². The van der Waals surface area contributed by atoms with Crippen LogP contribution in [0.25, 0.3) is 6.08 Å². The van der Waals surface area contributed by atoms with E-state index in [9.17, 15) is 30.3 Å². The van der Waals surface area contributed by atoms with Gasteiger partial charge in [0.2, 0.25) is 0 Å². The fraction of sp³-hybridized carbons (Fsp3) is 0.600. The van der Waals surface area contributed by atoms with E-state index in [1.165, 1.54) is 11.3 Å². The lowest BCUT2D eigenvalue weighted by Crippen LogP contribution is -2.47. The summed E-state index contributed by atoms with van der Waals surface area (Å²) in [5.41, 5.74) is 2.53. The number of cyclic esters (lactones) is 1. The first kappa shape index (κ1) is 37.8. The highest BCUT2D eigenvalue weighted by Gasteiger charge is 2.37. The number of aromatic nitrogens is 1. The number of fused-ring (bicyclic) bond motifs is 2. The van der Waals surface area contributed by atoms with E-state index >= 15 is 0 Å². The van der Waals surface area contributed by atoms with Crippen LogP contribution in [0.15, 0.2) is 58.6 Å². The van der Waals surface area contributed by atoms with Crippen LogP contribution in [0.5, 0.6) is 0 Å². The maximum atomic E-state index is 13.7. The number of aliphatic hydroxyl groups is 5. The van der Waals surface area contributed by atoms with Gasteiger partial charge in [-0.15, -0.1) is 11.3 Å². The molecule has 0 amide bonds. The summed E-state index contributed by atoms with van der Waals surface area (Å²) < 4.78 is 5.89. The van der Waals surface area contributed by atoms with Crippen molar-refractivity contribution in [2.24, 2.45) is 5.92 Å². The molecule has 2 bridgehead atoms. The second-order valence-electron chi connectivity index (χ2n) is 12.0. The molecule has 5 N–H and O–H groups in total. The lowest BCUT2D eigenvalue weighted by atomic mass is 9.87. The number of hydrogen-bond acceptors (Lipinski definition) is 9. The van der Waals surface area contributed by atoms with Crippen molar-refractivity contribution in [3.05, 3.63) is 69.3 Å². The van der Waals surface area contributed by atoms with E-state index in [0.717, 1.165) is 31.3 Å². The molecule has 1 aromatic heterocycles. The van der Waals surface area contributed by atoms with E-state index in [1.54, 1.807) is 44.2 Å². The van der Waals surface area contributed by atoms with Gasteiger partial charge < -0.3 is 30.3 Å². The Hall–Kier alpha value is -2.40. The number of aliphatic hydroxyl groups excluding tert-OH is 5. The van der Waals surface area contributed by atoms with E-state index in [2.05, 4.69) is 11.9 Å². The van der Waals surface area contributed by atoms with Gasteiger partial charge in [0.1, 0.15) is 0 Å². The molecule has 0 aliphatic carbocycles. The number of allylic oxidation sites excluding steroid dienone is 5. The summed E-state index contributed by atoms with van der Waals surface area (Å²) in [6, 6.07) is 0. The van der Waals surface area contributed by atoms with Crippen molar-refractivity contribution in [1.29, 1.82) is 0 Å². The van der Waals surface area contributed by atoms with Crippen LogP contribution in [0.1, 0.15) is 103 Å². The lowest BCUT2D eigenvalue weighted by molar-refractivity contribution is -0.165. The fourth-order valence-corrected chi connectivity index (χ4v) is 5.94. The highest BCUT2D eigenvalue weighted by Crippen LogP contribution is 2.29.